The summed E-state index contributed by atoms with van der Waals surface area (Å²) in [5, 5.41) is 0. The zero-order chi connectivity index (χ0) is 17.3. The molecule has 0 aromatic heterocycles. The number of alkyl halides is 2. The fourth-order valence-corrected chi connectivity index (χ4v) is 3.48. The number of likely N-dealkylation sites (tertiary alicyclic amines) is 2. The van der Waals surface area contributed by atoms with E-state index in [1.807, 2.05) is 0 Å². The van der Waals surface area contributed by atoms with Gasteiger partial charge in [-0.1, -0.05) is 18.2 Å². The molecule has 2 fully saturated rings. The van der Waals surface area contributed by atoms with E-state index >= 15 is 0 Å². The van der Waals surface area contributed by atoms with Crippen molar-refractivity contribution in [2.24, 2.45) is 0 Å². The molecule has 0 aliphatic carbocycles. The minimum absolute atomic E-state index is 0.00292. The van der Waals surface area contributed by atoms with Crippen LogP contribution in [0, 0.1) is 5.82 Å². The lowest BCUT2D eigenvalue weighted by Gasteiger charge is -2.45. The van der Waals surface area contributed by atoms with Crippen molar-refractivity contribution in [1.82, 2.24) is 9.80 Å². The van der Waals surface area contributed by atoms with Gasteiger partial charge in [0.25, 0.3) is 5.92 Å². The maximum Gasteiger partial charge on any atom is 0.262 e. The fraction of sp³-hybridized carbons (Fsp3) is 0.588. The van der Waals surface area contributed by atoms with E-state index in [1.54, 1.807) is 28.0 Å². The summed E-state index contributed by atoms with van der Waals surface area (Å²) in [6, 6.07) is 5.77. The molecule has 0 bridgehead atoms. The second kappa shape index (κ2) is 6.72. The molecule has 1 aromatic carbocycles. The molecule has 0 unspecified atom stereocenters. The summed E-state index contributed by atoms with van der Waals surface area (Å²) in [5.74, 6) is -3.28. The van der Waals surface area contributed by atoms with Crippen molar-refractivity contribution >= 4 is 5.91 Å². The molecule has 0 N–H and O–H groups in total. The van der Waals surface area contributed by atoms with E-state index < -0.39 is 11.7 Å². The molecule has 0 radical (unpaired) electrons. The number of benzene rings is 1. The molecule has 2 heterocycles. The maximum absolute atomic E-state index is 13.7. The Morgan fingerprint density at radius 2 is 2.04 bits per heavy atom. The molecule has 0 spiro atoms. The quantitative estimate of drug-likeness (QED) is 0.820. The van der Waals surface area contributed by atoms with Crippen LogP contribution in [0.25, 0.3) is 0 Å². The Kier molecular flexibility index (Phi) is 4.83. The van der Waals surface area contributed by atoms with Crippen molar-refractivity contribution in [3.05, 3.63) is 35.6 Å². The molecule has 4 nitrogen and oxygen atoms in total. The summed E-state index contributed by atoms with van der Waals surface area (Å²) in [4.78, 5) is 15.6. The predicted octanol–water partition coefficient (Wildman–Crippen LogP) is 1.93. The number of halogens is 3. The van der Waals surface area contributed by atoms with Gasteiger partial charge < -0.3 is 9.64 Å². The number of carbonyl (C=O) groups excluding carboxylic acids is 1. The molecular weight excluding hydrogens is 321 g/mol. The van der Waals surface area contributed by atoms with Gasteiger partial charge in [0.05, 0.1) is 19.6 Å². The number of amides is 1. The van der Waals surface area contributed by atoms with E-state index in [1.165, 1.54) is 13.2 Å². The van der Waals surface area contributed by atoms with Crippen LogP contribution in [0.5, 0.6) is 0 Å². The zero-order valence-corrected chi connectivity index (χ0v) is 13.6. The van der Waals surface area contributed by atoms with Crippen molar-refractivity contribution in [3.8, 4) is 0 Å². The van der Waals surface area contributed by atoms with Crippen LogP contribution in [0.3, 0.4) is 0 Å². The predicted molar refractivity (Wildman–Crippen MR) is 82.4 cm³/mol. The second-order valence-electron chi connectivity index (χ2n) is 6.56. The van der Waals surface area contributed by atoms with E-state index in [2.05, 4.69) is 0 Å². The van der Waals surface area contributed by atoms with Crippen molar-refractivity contribution in [1.29, 1.82) is 0 Å². The monoisotopic (exact) mass is 342 g/mol. The third-order valence-electron chi connectivity index (χ3n) is 4.76. The van der Waals surface area contributed by atoms with E-state index in [4.69, 9.17) is 4.74 Å². The van der Waals surface area contributed by atoms with Gasteiger partial charge in [-0.2, -0.15) is 0 Å². The fourth-order valence-electron chi connectivity index (χ4n) is 3.48. The van der Waals surface area contributed by atoms with Gasteiger partial charge in [-0.05, 0) is 11.6 Å². The molecule has 1 amide bonds. The van der Waals surface area contributed by atoms with E-state index in [0.29, 0.717) is 18.7 Å². The molecule has 3 rings (SSSR count). The molecular formula is C17H21F3N2O2. The Morgan fingerprint density at radius 1 is 1.33 bits per heavy atom. The van der Waals surface area contributed by atoms with Crippen LogP contribution in [0.2, 0.25) is 0 Å². The number of hydrogen-bond acceptors (Lipinski definition) is 3. The summed E-state index contributed by atoms with van der Waals surface area (Å²) in [6.07, 6.45) is -0.211. The Labute approximate surface area is 139 Å². The summed E-state index contributed by atoms with van der Waals surface area (Å²) in [6.45, 7) is 0.781. The SMILES string of the molecule is COC[C@@H]1CC(F)(F)CN1C1CN(C(=O)Cc2ccccc2F)C1. The lowest BCUT2D eigenvalue weighted by molar-refractivity contribution is -0.138. The number of ether oxygens (including phenoxy) is 1. The minimum atomic E-state index is -2.71. The Bertz CT molecular complexity index is 605. The molecule has 132 valence electrons. The van der Waals surface area contributed by atoms with Crippen LogP contribution >= 0.6 is 0 Å². The highest BCUT2D eigenvalue weighted by Gasteiger charge is 2.50. The maximum atomic E-state index is 13.7. The van der Waals surface area contributed by atoms with E-state index in [9.17, 15) is 18.0 Å². The molecule has 1 aromatic rings. The molecule has 7 heteroatoms. The molecule has 2 saturated heterocycles. The van der Waals surface area contributed by atoms with Crippen LogP contribution in [-0.2, 0) is 16.0 Å². The smallest absolute Gasteiger partial charge is 0.262 e. The normalized spacial score (nSPS) is 24.2. The molecule has 2 aliphatic rings. The van der Waals surface area contributed by atoms with E-state index in [-0.39, 0.29) is 44.0 Å². The van der Waals surface area contributed by atoms with Gasteiger partial charge in [-0.15, -0.1) is 0 Å². The summed E-state index contributed by atoms with van der Waals surface area (Å²) < 4.78 is 46.0. The van der Waals surface area contributed by atoms with Crippen LogP contribution in [0.4, 0.5) is 13.2 Å². The lowest BCUT2D eigenvalue weighted by atomic mass is 10.0. The number of rotatable bonds is 5. The van der Waals surface area contributed by atoms with Crippen molar-refractivity contribution in [3.63, 3.8) is 0 Å². The van der Waals surface area contributed by atoms with Crippen molar-refractivity contribution in [2.75, 3.05) is 33.4 Å². The Morgan fingerprint density at radius 3 is 2.71 bits per heavy atom. The highest BCUT2D eigenvalue weighted by Crippen LogP contribution is 2.35. The summed E-state index contributed by atoms with van der Waals surface area (Å²) >= 11 is 0. The summed E-state index contributed by atoms with van der Waals surface area (Å²) in [7, 11) is 1.50. The van der Waals surface area contributed by atoms with Gasteiger partial charge in [0, 0.05) is 38.7 Å². The van der Waals surface area contributed by atoms with E-state index in [0.717, 1.165) is 0 Å². The molecule has 0 saturated carbocycles. The number of nitrogens with zero attached hydrogens (tertiary/aromatic N) is 2. The van der Waals surface area contributed by atoms with Gasteiger partial charge in [0.2, 0.25) is 5.91 Å². The standard InChI is InChI=1S/C17H21F3N2O2/c1-24-10-13-7-17(19,20)11-22(13)14-8-21(9-14)16(23)6-12-4-2-3-5-15(12)18/h2-5,13-14H,6-11H2,1H3/t13-/m0/s1. The first-order chi connectivity index (χ1) is 11.4. The van der Waals surface area contributed by atoms with Crippen molar-refractivity contribution < 1.29 is 22.7 Å². The largest absolute Gasteiger partial charge is 0.383 e. The van der Waals surface area contributed by atoms with Crippen LogP contribution < -0.4 is 0 Å². The first kappa shape index (κ1) is 17.2. The lowest BCUT2D eigenvalue weighted by Crippen LogP contribution is -2.62. The highest BCUT2D eigenvalue weighted by atomic mass is 19.3. The molecule has 1 atom stereocenters. The van der Waals surface area contributed by atoms with Crippen molar-refractivity contribution in [2.45, 2.75) is 30.8 Å². The molecule has 24 heavy (non-hydrogen) atoms. The van der Waals surface area contributed by atoms with Gasteiger partial charge >= 0.3 is 0 Å². The van der Waals surface area contributed by atoms with Gasteiger partial charge in [0.15, 0.2) is 0 Å². The first-order valence-electron chi connectivity index (χ1n) is 8.03. The first-order valence-corrected chi connectivity index (χ1v) is 8.03. The third kappa shape index (κ3) is 3.57. The average Bonchev–Trinajstić information content (AvgIpc) is 2.75. The van der Waals surface area contributed by atoms with Crippen LogP contribution in [0.15, 0.2) is 24.3 Å². The second-order valence-corrected chi connectivity index (χ2v) is 6.56. The van der Waals surface area contributed by atoms with Crippen LogP contribution in [0.1, 0.15) is 12.0 Å². The van der Waals surface area contributed by atoms with Gasteiger partial charge in [-0.25, -0.2) is 13.2 Å². The number of carbonyl (C=O) groups is 1. The topological polar surface area (TPSA) is 32.8 Å². The third-order valence-corrected chi connectivity index (χ3v) is 4.76. The highest BCUT2D eigenvalue weighted by molar-refractivity contribution is 5.79. The van der Waals surface area contributed by atoms with Gasteiger partial charge in [-0.3, -0.25) is 9.69 Å². The van der Waals surface area contributed by atoms with Crippen LogP contribution in [-0.4, -0.2) is 67.1 Å². The molecule has 2 aliphatic heterocycles. The minimum Gasteiger partial charge on any atom is -0.383 e. The average molecular weight is 342 g/mol. The summed E-state index contributed by atoms with van der Waals surface area (Å²) in [5.41, 5.74) is 0.357. The zero-order valence-electron chi connectivity index (χ0n) is 13.6. The number of hydrogen-bond donors (Lipinski definition) is 0. The number of methoxy groups -OCH3 is 1. The Balaban J connectivity index is 1.55. The Hall–Kier alpha value is -1.60. The van der Waals surface area contributed by atoms with Gasteiger partial charge in [0.1, 0.15) is 5.82 Å².